The van der Waals surface area contributed by atoms with Gasteiger partial charge in [-0.2, -0.15) is 5.10 Å². The van der Waals surface area contributed by atoms with Crippen molar-refractivity contribution in [2.45, 2.75) is 63.9 Å². The monoisotopic (exact) mass is 471 g/mol. The Balaban J connectivity index is 1.37. The van der Waals surface area contributed by atoms with Gasteiger partial charge in [0.15, 0.2) is 5.65 Å². The van der Waals surface area contributed by atoms with Crippen LogP contribution in [0.3, 0.4) is 0 Å². The summed E-state index contributed by atoms with van der Waals surface area (Å²) in [7, 11) is 0. The number of nitrogens with one attached hydrogen (secondary N) is 1. The van der Waals surface area contributed by atoms with Gasteiger partial charge in [0.05, 0.1) is 41.3 Å². The van der Waals surface area contributed by atoms with Crippen molar-refractivity contribution in [2.24, 2.45) is 0 Å². The van der Waals surface area contributed by atoms with E-state index in [4.69, 9.17) is 16.3 Å². The summed E-state index contributed by atoms with van der Waals surface area (Å²) in [6.07, 6.45) is 10.2. The molecule has 174 valence electrons. The van der Waals surface area contributed by atoms with Gasteiger partial charge in [-0.15, -0.1) is 0 Å². The Labute approximate surface area is 196 Å². The fraction of sp³-hybridized carbons (Fsp3) is 0.458. The Morgan fingerprint density at radius 2 is 2.12 bits per heavy atom. The highest BCUT2D eigenvalue weighted by atomic mass is 35.5. The second-order valence-corrected chi connectivity index (χ2v) is 9.32. The molecule has 0 unspecified atom stereocenters. The molecule has 3 aliphatic heterocycles. The van der Waals surface area contributed by atoms with Crippen molar-refractivity contribution in [3.8, 4) is 0 Å². The van der Waals surface area contributed by atoms with Crippen molar-refractivity contribution < 1.29 is 13.9 Å². The number of piperidine rings is 1. The van der Waals surface area contributed by atoms with Crippen molar-refractivity contribution in [1.82, 2.24) is 24.8 Å². The van der Waals surface area contributed by atoms with Crippen LogP contribution < -0.4 is 5.32 Å². The third kappa shape index (κ3) is 4.17. The number of ether oxygens (including phenoxy) is 1. The van der Waals surface area contributed by atoms with Gasteiger partial charge in [-0.05, 0) is 44.8 Å². The third-order valence-electron chi connectivity index (χ3n) is 6.66. The molecule has 0 radical (unpaired) electrons. The summed E-state index contributed by atoms with van der Waals surface area (Å²) < 4.78 is 21.3. The van der Waals surface area contributed by atoms with Crippen molar-refractivity contribution in [1.29, 1.82) is 0 Å². The third-order valence-corrected chi connectivity index (χ3v) is 7.03. The second-order valence-electron chi connectivity index (χ2n) is 8.92. The summed E-state index contributed by atoms with van der Waals surface area (Å²) in [5.74, 6) is 0.0431. The van der Waals surface area contributed by atoms with Crippen molar-refractivity contribution in [3.05, 3.63) is 64.3 Å². The lowest BCUT2D eigenvalue weighted by atomic mass is 10.0. The maximum atomic E-state index is 13.5. The van der Waals surface area contributed by atoms with Gasteiger partial charge in [-0.1, -0.05) is 24.3 Å². The predicted molar refractivity (Wildman–Crippen MR) is 123 cm³/mol. The molecule has 0 aromatic carbocycles. The molecule has 2 aromatic rings. The van der Waals surface area contributed by atoms with Crippen LogP contribution in [0.5, 0.6) is 0 Å². The molecule has 5 rings (SSSR count). The van der Waals surface area contributed by atoms with E-state index in [1.807, 2.05) is 6.92 Å². The maximum Gasteiger partial charge on any atom is 0.258 e. The minimum Gasteiger partial charge on any atom is -0.490 e. The van der Waals surface area contributed by atoms with Crippen LogP contribution >= 0.6 is 11.6 Å². The Morgan fingerprint density at radius 3 is 2.82 bits per heavy atom. The second kappa shape index (κ2) is 8.91. The van der Waals surface area contributed by atoms with E-state index in [2.05, 4.69) is 22.0 Å². The zero-order valence-electron chi connectivity index (χ0n) is 18.6. The largest absolute Gasteiger partial charge is 0.490 e. The number of allylic oxidation sites excluding steroid dienone is 3. The number of rotatable bonds is 6. The van der Waals surface area contributed by atoms with Gasteiger partial charge in [0.2, 0.25) is 0 Å². The fourth-order valence-electron chi connectivity index (χ4n) is 5.11. The lowest BCUT2D eigenvalue weighted by Gasteiger charge is -2.31. The van der Waals surface area contributed by atoms with Gasteiger partial charge in [-0.25, -0.2) is 13.9 Å². The quantitative estimate of drug-likeness (QED) is 0.394. The molecule has 1 amide bonds. The molecule has 0 spiro atoms. The number of alkyl halides is 1. The summed E-state index contributed by atoms with van der Waals surface area (Å²) in [6.45, 7) is 5.57. The Morgan fingerprint density at radius 1 is 1.36 bits per heavy atom. The van der Waals surface area contributed by atoms with Crippen LogP contribution in [-0.4, -0.2) is 50.3 Å². The molecular formula is C24H27ClFN5O2. The first-order chi connectivity index (χ1) is 16.0. The van der Waals surface area contributed by atoms with E-state index in [1.165, 1.54) is 12.2 Å². The topological polar surface area (TPSA) is 71.8 Å². The van der Waals surface area contributed by atoms with E-state index in [9.17, 15) is 9.18 Å². The van der Waals surface area contributed by atoms with Gasteiger partial charge >= 0.3 is 0 Å². The van der Waals surface area contributed by atoms with Gasteiger partial charge < -0.3 is 15.0 Å². The molecule has 3 atom stereocenters. The molecular weight excluding hydrogens is 445 g/mol. The molecule has 2 bridgehead atoms. The molecule has 7 nitrogen and oxygen atoms in total. The lowest BCUT2D eigenvalue weighted by Crippen LogP contribution is -2.41. The summed E-state index contributed by atoms with van der Waals surface area (Å²) in [5.41, 5.74) is 3.39. The molecule has 1 N–H and O–H groups in total. The molecule has 2 aromatic heterocycles. The van der Waals surface area contributed by atoms with Crippen molar-refractivity contribution in [2.75, 3.05) is 6.67 Å². The first kappa shape index (κ1) is 22.1. The van der Waals surface area contributed by atoms with E-state index >= 15 is 0 Å². The summed E-state index contributed by atoms with van der Waals surface area (Å²) in [5, 5.41) is 8.67. The zero-order chi connectivity index (χ0) is 23.1. The molecule has 2 saturated heterocycles. The highest BCUT2D eigenvalue weighted by Crippen LogP contribution is 2.33. The summed E-state index contributed by atoms with van der Waals surface area (Å²) in [6, 6.07) is 0.856. The number of aromatic nitrogens is 3. The number of nitrogens with zero attached hydrogens (tertiary/aromatic N) is 4. The lowest BCUT2D eigenvalue weighted by molar-refractivity contribution is -0.128. The van der Waals surface area contributed by atoms with E-state index in [0.717, 1.165) is 36.9 Å². The number of carbonyl (C=O) groups is 1. The number of fused-ring (bicyclic) bond motifs is 5. The molecule has 0 saturated carbocycles. The number of aryl methyl sites for hydroxylation is 1. The van der Waals surface area contributed by atoms with Crippen LogP contribution in [0.25, 0.3) is 5.65 Å². The highest BCUT2D eigenvalue weighted by molar-refractivity contribution is 6.31. The zero-order valence-corrected chi connectivity index (χ0v) is 19.3. The van der Waals surface area contributed by atoms with Gasteiger partial charge in [0.1, 0.15) is 18.5 Å². The maximum absolute atomic E-state index is 13.5. The van der Waals surface area contributed by atoms with Crippen LogP contribution in [0, 0.1) is 6.92 Å². The molecule has 3 aliphatic rings. The molecule has 33 heavy (non-hydrogen) atoms. The molecule has 9 heteroatoms. The van der Waals surface area contributed by atoms with Gasteiger partial charge in [0.25, 0.3) is 5.91 Å². The summed E-state index contributed by atoms with van der Waals surface area (Å²) >= 11 is 6.17. The van der Waals surface area contributed by atoms with Crippen LogP contribution in [-0.2, 0) is 22.6 Å². The predicted octanol–water partition coefficient (Wildman–Crippen LogP) is 3.80. The van der Waals surface area contributed by atoms with Crippen molar-refractivity contribution >= 4 is 23.2 Å². The first-order valence-electron chi connectivity index (χ1n) is 11.3. The Hall–Kier alpha value is -2.71. The number of amides is 1. The average molecular weight is 472 g/mol. The van der Waals surface area contributed by atoms with Crippen LogP contribution in [0.4, 0.5) is 4.39 Å². The highest BCUT2D eigenvalue weighted by Gasteiger charge is 2.36. The van der Waals surface area contributed by atoms with E-state index in [1.54, 1.807) is 21.7 Å². The minimum atomic E-state index is -0.715. The molecule has 2 fully saturated rings. The Bertz CT molecular complexity index is 1160. The molecule has 5 heterocycles. The van der Waals surface area contributed by atoms with Crippen LogP contribution in [0.2, 0.25) is 5.02 Å². The van der Waals surface area contributed by atoms with E-state index in [-0.39, 0.29) is 17.8 Å². The number of hydrogen-bond donors (Lipinski definition) is 1. The van der Waals surface area contributed by atoms with Gasteiger partial charge in [0, 0.05) is 17.6 Å². The number of halogens is 2. The van der Waals surface area contributed by atoms with Gasteiger partial charge in [-0.3, -0.25) is 4.79 Å². The summed E-state index contributed by atoms with van der Waals surface area (Å²) in [4.78, 5) is 19.8. The first-order valence-corrected chi connectivity index (χ1v) is 11.7. The standard InChI is InChI=1S/C24H27ClFN5O2/c1-3-4-18(22(7-8-26)33-17-9-15-5-6-16(10-17)28-15)24(32)30-11-19-21(13-30)29-31-12-20(25)14(2)27-23(19)31/h3-4,7,12,15-17,28H,1,5-6,8-11,13H2,2H3/b18-4+,22-7+/t15-,16+,17+. The van der Waals surface area contributed by atoms with E-state index in [0.29, 0.717) is 47.1 Å². The smallest absolute Gasteiger partial charge is 0.258 e. The normalized spacial score (nSPS) is 24.9. The van der Waals surface area contributed by atoms with Crippen molar-refractivity contribution in [3.63, 3.8) is 0 Å². The number of hydrogen-bond acceptors (Lipinski definition) is 5. The SMILES string of the molecule is C=C/C=C(C(=O)N1Cc2nn3cc(Cl)c(C)nc3c2C1)\C(=C/CF)O[C@H]1C[C@H]2CC[C@@H](C1)N2. The molecule has 0 aliphatic carbocycles. The number of carbonyl (C=O) groups excluding carboxylic acids is 1. The van der Waals surface area contributed by atoms with Crippen LogP contribution in [0.1, 0.15) is 42.6 Å². The average Bonchev–Trinajstić information content (AvgIpc) is 3.45. The minimum absolute atomic E-state index is 0.0422. The Kier molecular flexibility index (Phi) is 5.97. The van der Waals surface area contributed by atoms with E-state index < -0.39 is 6.67 Å². The van der Waals surface area contributed by atoms with Crippen LogP contribution in [0.15, 0.2) is 42.3 Å². The fourth-order valence-corrected chi connectivity index (χ4v) is 5.24.